The second-order valence-corrected chi connectivity index (χ2v) is 7.64. The fourth-order valence-electron chi connectivity index (χ4n) is 3.41. The predicted molar refractivity (Wildman–Crippen MR) is 119 cm³/mol. The molecule has 1 amide bonds. The zero-order valence-electron chi connectivity index (χ0n) is 18.6. The molecule has 0 saturated carbocycles. The van der Waals surface area contributed by atoms with Crippen molar-refractivity contribution in [2.75, 3.05) is 13.1 Å². The summed E-state index contributed by atoms with van der Waals surface area (Å²) in [7, 11) is 0. The number of alkyl halides is 5. The molecule has 2 atom stereocenters. The van der Waals surface area contributed by atoms with Gasteiger partial charge in [0.2, 0.25) is 0 Å². The van der Waals surface area contributed by atoms with Crippen LogP contribution in [0, 0.1) is 12.3 Å². The van der Waals surface area contributed by atoms with Gasteiger partial charge in [0.05, 0.1) is 11.7 Å². The van der Waals surface area contributed by atoms with E-state index in [9.17, 15) is 26.7 Å². The molecule has 0 bridgehead atoms. The van der Waals surface area contributed by atoms with Crippen molar-refractivity contribution in [1.29, 1.82) is 5.41 Å². The second-order valence-electron chi connectivity index (χ2n) is 7.64. The average Bonchev–Trinajstić information content (AvgIpc) is 3.06. The number of likely N-dealkylation sites (tertiary alicyclic amines) is 1. The largest absolute Gasteiger partial charge is 0.419 e. The van der Waals surface area contributed by atoms with Gasteiger partial charge in [0.25, 0.3) is 11.8 Å². The Kier molecular flexibility index (Phi) is 8.99. The van der Waals surface area contributed by atoms with Crippen LogP contribution in [-0.4, -0.2) is 66.8 Å². The average molecular weight is 488 g/mol. The van der Waals surface area contributed by atoms with Crippen LogP contribution in [0.5, 0.6) is 0 Å². The lowest BCUT2D eigenvalue weighted by molar-refractivity contribution is -0.577. The van der Waals surface area contributed by atoms with Gasteiger partial charge in [-0.3, -0.25) is 15.1 Å². The zero-order chi connectivity index (χ0) is 25.5. The SMILES string of the molecule is Cc1cccc(C(=O)N2CCC(F)(F)C2CNC(C)/N=C\C(=C/N)C(F)(F)F)c1[NH2+]/N=C\C=N. The van der Waals surface area contributed by atoms with E-state index < -0.39 is 42.2 Å². The van der Waals surface area contributed by atoms with Crippen molar-refractivity contribution in [3.63, 3.8) is 0 Å². The molecule has 1 aromatic carbocycles. The van der Waals surface area contributed by atoms with Gasteiger partial charge in [0.1, 0.15) is 17.8 Å². The summed E-state index contributed by atoms with van der Waals surface area (Å²) < 4.78 is 67.5. The highest BCUT2D eigenvalue weighted by molar-refractivity contribution is 6.14. The molecule has 13 heteroatoms. The zero-order valence-corrected chi connectivity index (χ0v) is 18.6. The van der Waals surface area contributed by atoms with Crippen molar-refractivity contribution in [1.82, 2.24) is 10.2 Å². The smallest absolute Gasteiger partial charge is 0.404 e. The van der Waals surface area contributed by atoms with E-state index in [2.05, 4.69) is 15.4 Å². The first-order valence-electron chi connectivity index (χ1n) is 10.3. The van der Waals surface area contributed by atoms with Crippen molar-refractivity contribution in [2.45, 2.75) is 44.6 Å². The second kappa shape index (κ2) is 11.3. The number of hydrogen-bond donors (Lipinski definition) is 4. The number of nitrogens with zero attached hydrogens (tertiary/aromatic N) is 3. The number of nitrogens with two attached hydrogens (primary N) is 2. The van der Waals surface area contributed by atoms with Gasteiger partial charge in [-0.1, -0.05) is 17.2 Å². The number of benzene rings is 1. The molecule has 0 radical (unpaired) electrons. The normalized spacial score (nSPS) is 19.8. The maximum atomic E-state index is 14.6. The Balaban J connectivity index is 2.20. The molecular formula is C21H27F5N7O+. The monoisotopic (exact) mass is 488 g/mol. The van der Waals surface area contributed by atoms with Crippen molar-refractivity contribution >= 4 is 30.2 Å². The van der Waals surface area contributed by atoms with Crippen LogP contribution in [0.1, 0.15) is 29.3 Å². The van der Waals surface area contributed by atoms with E-state index in [1.807, 2.05) is 0 Å². The van der Waals surface area contributed by atoms with E-state index in [1.165, 1.54) is 24.6 Å². The number of halogens is 5. The standard InChI is InChI=1S/C21H26F5N7O/c1-13-4-3-5-16(18(13)32-31-8-7-27)19(34)33-9-6-20(22,23)17(33)12-30-14(2)29-11-15(10-28)21(24,25)26/h3-5,7-8,10-11,14,17,27,30,32H,6,9,12,28H2,1-2H3/p+1/b15-10+,27-7?,29-11-,31-8-. The molecule has 1 aromatic rings. The number of amides is 1. The Hall–Kier alpha value is -3.19. The summed E-state index contributed by atoms with van der Waals surface area (Å²) in [5, 5.41) is 13.6. The number of allylic oxidation sites excluding steroid dienone is 1. The van der Waals surface area contributed by atoms with Gasteiger partial charge in [-0.05, 0) is 19.9 Å². The van der Waals surface area contributed by atoms with Gasteiger partial charge in [-0.15, -0.1) is 0 Å². The van der Waals surface area contributed by atoms with E-state index in [0.717, 1.165) is 11.1 Å². The molecule has 186 valence electrons. The number of aliphatic imine (C=N–C) groups is 1. The first-order chi connectivity index (χ1) is 15.9. The van der Waals surface area contributed by atoms with E-state index >= 15 is 0 Å². The molecule has 0 aromatic heterocycles. The van der Waals surface area contributed by atoms with Gasteiger partial charge < -0.3 is 16.0 Å². The predicted octanol–water partition coefficient (Wildman–Crippen LogP) is 2.09. The fraction of sp³-hybridized carbons (Fsp3) is 0.429. The quantitative estimate of drug-likeness (QED) is 0.140. The lowest BCUT2D eigenvalue weighted by Gasteiger charge is -2.29. The van der Waals surface area contributed by atoms with Gasteiger partial charge in [-0.2, -0.15) is 18.6 Å². The first kappa shape index (κ1) is 27.1. The fourth-order valence-corrected chi connectivity index (χ4v) is 3.41. The Morgan fingerprint density at radius 3 is 2.76 bits per heavy atom. The molecule has 1 saturated heterocycles. The number of carbonyl (C=O) groups excluding carboxylic acids is 1. The number of rotatable bonds is 9. The van der Waals surface area contributed by atoms with Crippen LogP contribution in [-0.2, 0) is 0 Å². The van der Waals surface area contributed by atoms with Crippen LogP contribution >= 0.6 is 0 Å². The summed E-state index contributed by atoms with van der Waals surface area (Å²) in [5.41, 5.74) is 6.50. The van der Waals surface area contributed by atoms with Crippen molar-refractivity contribution < 1.29 is 32.2 Å². The lowest BCUT2D eigenvalue weighted by Crippen LogP contribution is -2.72. The summed E-state index contributed by atoms with van der Waals surface area (Å²) in [6.45, 7) is 2.56. The Morgan fingerprint density at radius 2 is 2.15 bits per heavy atom. The highest BCUT2D eigenvalue weighted by Crippen LogP contribution is 2.35. The minimum absolute atomic E-state index is 0.179. The summed E-state index contributed by atoms with van der Waals surface area (Å²) in [6, 6.07) is 3.35. The van der Waals surface area contributed by atoms with Crippen LogP contribution < -0.4 is 16.5 Å². The number of quaternary nitrogens is 1. The Bertz CT molecular complexity index is 975. The summed E-state index contributed by atoms with van der Waals surface area (Å²) in [5.74, 6) is -3.82. The van der Waals surface area contributed by atoms with E-state index in [1.54, 1.807) is 19.1 Å². The third-order valence-electron chi connectivity index (χ3n) is 5.28. The van der Waals surface area contributed by atoms with Gasteiger partial charge >= 0.3 is 6.18 Å². The molecule has 0 aliphatic carbocycles. The lowest BCUT2D eigenvalue weighted by atomic mass is 10.1. The Labute approximate surface area is 193 Å². The van der Waals surface area contributed by atoms with Crippen LogP contribution in [0.4, 0.5) is 27.6 Å². The maximum absolute atomic E-state index is 14.6. The first-order valence-corrected chi connectivity index (χ1v) is 10.3. The number of carbonyl (C=O) groups is 1. The van der Waals surface area contributed by atoms with Gasteiger partial charge in [0.15, 0.2) is 5.69 Å². The molecule has 1 heterocycles. The molecular weight excluding hydrogens is 461 g/mol. The highest BCUT2D eigenvalue weighted by Gasteiger charge is 2.51. The molecule has 1 fully saturated rings. The molecule has 0 spiro atoms. The number of hydrogen-bond acceptors (Lipinski definition) is 6. The number of aryl methyl sites for hydroxylation is 1. The summed E-state index contributed by atoms with van der Waals surface area (Å²) in [4.78, 5) is 18.0. The van der Waals surface area contributed by atoms with Gasteiger partial charge in [-0.25, -0.2) is 8.78 Å². The minimum Gasteiger partial charge on any atom is -0.404 e. The minimum atomic E-state index is -4.69. The van der Waals surface area contributed by atoms with Crippen LogP contribution in [0.3, 0.4) is 0 Å². The molecule has 34 heavy (non-hydrogen) atoms. The molecule has 6 N–H and O–H groups in total. The highest BCUT2D eigenvalue weighted by atomic mass is 19.4. The molecule has 2 rings (SSSR count). The molecule has 1 aliphatic heterocycles. The summed E-state index contributed by atoms with van der Waals surface area (Å²) in [6.07, 6.45) is -3.11. The van der Waals surface area contributed by atoms with Crippen LogP contribution in [0.2, 0.25) is 0 Å². The summed E-state index contributed by atoms with van der Waals surface area (Å²) >= 11 is 0. The van der Waals surface area contributed by atoms with Crippen LogP contribution in [0.15, 0.2) is 40.1 Å². The third kappa shape index (κ3) is 6.67. The van der Waals surface area contributed by atoms with Crippen LogP contribution in [0.25, 0.3) is 0 Å². The molecule has 1 aliphatic rings. The topological polar surface area (TPSA) is 124 Å². The van der Waals surface area contributed by atoms with Gasteiger partial charge in [0, 0.05) is 43.7 Å². The van der Waals surface area contributed by atoms with E-state index in [0.29, 0.717) is 23.7 Å². The number of nitrogens with one attached hydrogen (secondary N) is 2. The maximum Gasteiger partial charge on any atom is 0.419 e. The van der Waals surface area contributed by atoms with E-state index in [4.69, 9.17) is 11.1 Å². The van der Waals surface area contributed by atoms with Crippen molar-refractivity contribution in [3.05, 3.63) is 41.1 Å². The molecule has 2 unspecified atom stereocenters. The van der Waals surface area contributed by atoms with Crippen molar-refractivity contribution in [3.8, 4) is 0 Å². The molecule has 8 nitrogen and oxygen atoms in total. The van der Waals surface area contributed by atoms with E-state index in [-0.39, 0.29) is 18.7 Å². The van der Waals surface area contributed by atoms with Crippen molar-refractivity contribution in [2.24, 2.45) is 15.8 Å². The Morgan fingerprint density at radius 1 is 1.44 bits per heavy atom. The third-order valence-corrected chi connectivity index (χ3v) is 5.28.